The van der Waals surface area contributed by atoms with E-state index in [1.165, 1.54) is 0 Å². The minimum Gasteiger partial charge on any atom is -0.508 e. The summed E-state index contributed by atoms with van der Waals surface area (Å²) in [5, 5.41) is 41.5. The summed E-state index contributed by atoms with van der Waals surface area (Å²) in [6.45, 7) is 6.01. The van der Waals surface area contributed by atoms with Gasteiger partial charge in [-0.25, -0.2) is 0 Å². The lowest BCUT2D eigenvalue weighted by molar-refractivity contribution is 0.458. The third kappa shape index (κ3) is 5.65. The lowest BCUT2D eigenvalue weighted by Crippen LogP contribution is -2.05. The number of phenols is 4. The number of aryl methyl sites for hydroxylation is 1. The van der Waals surface area contributed by atoms with Gasteiger partial charge in [-0.05, 0) is 83.3 Å². The Balaban J connectivity index is 0.00000164. The van der Waals surface area contributed by atoms with Crippen molar-refractivity contribution in [1.29, 1.82) is 0 Å². The molecule has 0 aliphatic heterocycles. The minimum absolute atomic E-state index is 0.124. The second-order valence-electron chi connectivity index (χ2n) is 8.99. The van der Waals surface area contributed by atoms with Crippen molar-refractivity contribution in [3.05, 3.63) is 131 Å². The minimum atomic E-state index is -0.445. The topological polar surface area (TPSA) is 80.9 Å². The number of aromatic hydroxyl groups is 4. The molecule has 192 valence electrons. The van der Waals surface area contributed by atoms with Crippen LogP contribution in [0.5, 0.6) is 23.0 Å². The van der Waals surface area contributed by atoms with Crippen LogP contribution in [0.2, 0.25) is 0 Å². The second-order valence-corrected chi connectivity index (χ2v) is 8.99. The Morgan fingerprint density at radius 2 is 0.895 bits per heavy atom. The van der Waals surface area contributed by atoms with Crippen molar-refractivity contribution in [3.63, 3.8) is 0 Å². The van der Waals surface area contributed by atoms with Gasteiger partial charge in [0.05, 0.1) is 0 Å². The van der Waals surface area contributed by atoms with Crippen LogP contribution in [0.15, 0.2) is 109 Å². The van der Waals surface area contributed by atoms with E-state index >= 15 is 0 Å². The number of benzene rings is 5. The molecule has 0 saturated carbocycles. The predicted molar refractivity (Wildman–Crippen MR) is 154 cm³/mol. The Morgan fingerprint density at radius 1 is 0.474 bits per heavy atom. The van der Waals surface area contributed by atoms with Gasteiger partial charge in [0, 0.05) is 17.0 Å². The Kier molecular flexibility index (Phi) is 8.03. The summed E-state index contributed by atoms with van der Waals surface area (Å²) in [7, 11) is 0. The SMILES string of the molecule is CC.Cc1cccc(C(c2cc(-c3ccc(O)cc3)ccc2O)c2cc(-c3ccc(O)cc3)ccc2O)c1. The first kappa shape index (κ1) is 26.4. The van der Waals surface area contributed by atoms with E-state index in [1.54, 1.807) is 36.4 Å². The fraction of sp³-hybridized carbons (Fsp3) is 0.118. The summed E-state index contributed by atoms with van der Waals surface area (Å²) < 4.78 is 0. The molecule has 0 aliphatic rings. The van der Waals surface area contributed by atoms with Crippen molar-refractivity contribution in [2.24, 2.45) is 0 Å². The number of phenolic OH excluding ortho intramolecular Hbond substituents is 4. The van der Waals surface area contributed by atoms with Crippen molar-refractivity contribution in [1.82, 2.24) is 0 Å². The normalized spacial score (nSPS) is 10.6. The van der Waals surface area contributed by atoms with Gasteiger partial charge in [-0.1, -0.05) is 80.1 Å². The van der Waals surface area contributed by atoms with E-state index in [4.69, 9.17) is 0 Å². The van der Waals surface area contributed by atoms with Crippen LogP contribution < -0.4 is 0 Å². The molecule has 0 aromatic heterocycles. The van der Waals surface area contributed by atoms with Crippen LogP contribution in [-0.4, -0.2) is 20.4 Å². The van der Waals surface area contributed by atoms with Crippen molar-refractivity contribution in [2.75, 3.05) is 0 Å². The predicted octanol–water partition coefficient (Wildman–Crippen LogP) is 8.36. The lowest BCUT2D eigenvalue weighted by Gasteiger charge is -2.23. The highest BCUT2D eigenvalue weighted by Crippen LogP contribution is 2.43. The van der Waals surface area contributed by atoms with Gasteiger partial charge in [0.2, 0.25) is 0 Å². The first-order chi connectivity index (χ1) is 18.4. The molecule has 0 aliphatic carbocycles. The molecule has 0 saturated heterocycles. The zero-order chi connectivity index (χ0) is 27.2. The van der Waals surface area contributed by atoms with Crippen LogP contribution in [0, 0.1) is 6.92 Å². The van der Waals surface area contributed by atoms with Gasteiger partial charge in [0.25, 0.3) is 0 Å². The quantitative estimate of drug-likeness (QED) is 0.181. The van der Waals surface area contributed by atoms with Gasteiger partial charge in [-0.15, -0.1) is 0 Å². The molecular formula is C34H32O4. The molecule has 0 amide bonds. The third-order valence-electron chi connectivity index (χ3n) is 6.45. The molecule has 5 aromatic rings. The van der Waals surface area contributed by atoms with Crippen LogP contribution in [0.3, 0.4) is 0 Å². The molecule has 5 rings (SSSR count). The largest absolute Gasteiger partial charge is 0.508 e. The van der Waals surface area contributed by atoms with E-state index in [9.17, 15) is 20.4 Å². The fourth-order valence-electron chi connectivity index (χ4n) is 4.61. The monoisotopic (exact) mass is 504 g/mol. The van der Waals surface area contributed by atoms with Gasteiger partial charge in [0.1, 0.15) is 23.0 Å². The molecule has 4 N–H and O–H groups in total. The zero-order valence-corrected chi connectivity index (χ0v) is 21.8. The smallest absolute Gasteiger partial charge is 0.119 e. The Labute approximate surface area is 223 Å². The first-order valence-corrected chi connectivity index (χ1v) is 12.7. The van der Waals surface area contributed by atoms with Crippen molar-refractivity contribution >= 4 is 0 Å². The summed E-state index contributed by atoms with van der Waals surface area (Å²) in [6, 6.07) is 32.8. The molecule has 0 bridgehead atoms. The maximum atomic E-state index is 11.0. The molecule has 4 heteroatoms. The van der Waals surface area contributed by atoms with Crippen molar-refractivity contribution < 1.29 is 20.4 Å². The van der Waals surface area contributed by atoms with Gasteiger partial charge in [-0.3, -0.25) is 0 Å². The van der Waals surface area contributed by atoms with Crippen LogP contribution in [0.1, 0.15) is 42.0 Å². The number of rotatable bonds is 5. The highest BCUT2D eigenvalue weighted by atomic mass is 16.3. The number of hydrogen-bond donors (Lipinski definition) is 4. The first-order valence-electron chi connectivity index (χ1n) is 12.7. The van der Waals surface area contributed by atoms with E-state index in [1.807, 2.05) is 87.5 Å². The number of hydrogen-bond acceptors (Lipinski definition) is 4. The standard InChI is InChI=1S/C32H26O4.C2H6/c1-20-3-2-4-25(17-20)32(28-18-23(9-15-30(28)35)21-5-11-26(33)12-6-21)29-19-24(10-16-31(29)36)22-7-13-27(34)14-8-22;1-2/h2-19,32-36H,1H3;1-2H3. The van der Waals surface area contributed by atoms with E-state index in [0.29, 0.717) is 11.1 Å². The zero-order valence-electron chi connectivity index (χ0n) is 21.8. The Bertz CT molecular complexity index is 1420. The average Bonchev–Trinajstić information content (AvgIpc) is 2.93. The van der Waals surface area contributed by atoms with Crippen LogP contribution in [0.25, 0.3) is 22.3 Å². The summed E-state index contributed by atoms with van der Waals surface area (Å²) >= 11 is 0. The molecule has 5 aromatic carbocycles. The van der Waals surface area contributed by atoms with Gasteiger partial charge < -0.3 is 20.4 Å². The van der Waals surface area contributed by atoms with Gasteiger partial charge in [-0.2, -0.15) is 0 Å². The molecule has 0 atom stereocenters. The van der Waals surface area contributed by atoms with E-state index < -0.39 is 5.92 Å². The molecule has 0 spiro atoms. The van der Waals surface area contributed by atoms with Crippen LogP contribution in [-0.2, 0) is 0 Å². The summed E-state index contributed by atoms with van der Waals surface area (Å²) in [5.41, 5.74) is 6.89. The summed E-state index contributed by atoms with van der Waals surface area (Å²) in [5.74, 6) is 0.175. The maximum absolute atomic E-state index is 11.0. The molecule has 0 heterocycles. The molecule has 38 heavy (non-hydrogen) atoms. The molecular weight excluding hydrogens is 472 g/mol. The van der Waals surface area contributed by atoms with Gasteiger partial charge >= 0.3 is 0 Å². The Hall–Kier alpha value is -4.70. The van der Waals surface area contributed by atoms with Crippen molar-refractivity contribution in [3.8, 4) is 45.3 Å². The lowest BCUT2D eigenvalue weighted by atomic mass is 9.81. The molecule has 0 fully saturated rings. The highest BCUT2D eigenvalue weighted by Gasteiger charge is 2.24. The fourth-order valence-corrected chi connectivity index (χ4v) is 4.61. The summed E-state index contributed by atoms with van der Waals surface area (Å²) in [4.78, 5) is 0. The highest BCUT2D eigenvalue weighted by molar-refractivity contribution is 5.71. The average molecular weight is 505 g/mol. The van der Waals surface area contributed by atoms with Crippen molar-refractivity contribution in [2.45, 2.75) is 26.7 Å². The van der Waals surface area contributed by atoms with E-state index in [2.05, 4.69) is 6.07 Å². The second kappa shape index (κ2) is 11.6. The maximum Gasteiger partial charge on any atom is 0.119 e. The van der Waals surface area contributed by atoms with Crippen LogP contribution >= 0.6 is 0 Å². The van der Waals surface area contributed by atoms with Crippen LogP contribution in [0.4, 0.5) is 0 Å². The molecule has 0 radical (unpaired) electrons. The van der Waals surface area contributed by atoms with Gasteiger partial charge in [0.15, 0.2) is 0 Å². The van der Waals surface area contributed by atoms with E-state index in [-0.39, 0.29) is 23.0 Å². The Morgan fingerprint density at radius 3 is 1.32 bits per heavy atom. The molecule has 0 unspecified atom stereocenters. The third-order valence-corrected chi connectivity index (χ3v) is 6.45. The summed E-state index contributed by atoms with van der Waals surface area (Å²) in [6.07, 6.45) is 0. The van der Waals surface area contributed by atoms with E-state index in [0.717, 1.165) is 33.4 Å². The molecule has 4 nitrogen and oxygen atoms in total.